The zero-order chi connectivity index (χ0) is 23.7. The van der Waals surface area contributed by atoms with Crippen molar-refractivity contribution in [2.45, 2.75) is 103 Å². The highest BCUT2D eigenvalue weighted by molar-refractivity contribution is 6.83. The molecule has 1 aromatic carbocycles. The van der Waals surface area contributed by atoms with Gasteiger partial charge in [0.15, 0.2) is 0 Å². The number of rotatable bonds is 7. The maximum Gasteiger partial charge on any atom is 0.333 e. The van der Waals surface area contributed by atoms with Crippen molar-refractivity contribution < 1.29 is 19.0 Å². The zero-order valence-electron chi connectivity index (χ0n) is 21.2. The highest BCUT2D eigenvalue weighted by Crippen LogP contribution is 2.63. The predicted octanol–water partition coefficient (Wildman–Crippen LogP) is 6.53. The molecule has 0 radical (unpaired) electrons. The Morgan fingerprint density at radius 1 is 1.19 bits per heavy atom. The molecule has 0 bridgehead atoms. The zero-order valence-corrected chi connectivity index (χ0v) is 22.2. The maximum absolute atomic E-state index is 12.4. The minimum atomic E-state index is -1.94. The van der Waals surface area contributed by atoms with Crippen LogP contribution in [0.4, 0.5) is 0 Å². The van der Waals surface area contributed by atoms with Crippen molar-refractivity contribution in [3.8, 4) is 0 Å². The summed E-state index contributed by atoms with van der Waals surface area (Å²) in [6, 6.07) is 10.2. The fourth-order valence-electron chi connectivity index (χ4n) is 4.95. The molecule has 2 rings (SSSR count). The SMILES string of the molecule is CCOC(=O)/C(C)=C/[C@@]1(C)O[C@@H](C)[C@](C)([Si](C)(C)C(C)(C)C)[C@H]1OCc1ccccc1. The van der Waals surface area contributed by atoms with Crippen molar-refractivity contribution >= 4 is 14.0 Å². The first-order valence-corrected chi connectivity index (χ1v) is 14.4. The van der Waals surface area contributed by atoms with Crippen LogP contribution in [0.5, 0.6) is 0 Å². The topological polar surface area (TPSA) is 44.8 Å². The van der Waals surface area contributed by atoms with E-state index in [1.807, 2.05) is 31.2 Å². The lowest BCUT2D eigenvalue weighted by Crippen LogP contribution is -2.58. The summed E-state index contributed by atoms with van der Waals surface area (Å²) in [5, 5.41) is -0.0148. The van der Waals surface area contributed by atoms with Crippen LogP contribution in [-0.2, 0) is 25.6 Å². The molecule has 1 aromatic rings. The molecule has 1 saturated heterocycles. The van der Waals surface area contributed by atoms with Gasteiger partial charge in [0, 0.05) is 10.6 Å². The van der Waals surface area contributed by atoms with Crippen LogP contribution in [0, 0.1) is 0 Å². The van der Waals surface area contributed by atoms with Crippen molar-refractivity contribution in [1.82, 2.24) is 0 Å². The predicted molar refractivity (Wildman–Crippen MR) is 130 cm³/mol. The Labute approximate surface area is 190 Å². The van der Waals surface area contributed by atoms with Crippen LogP contribution in [0.15, 0.2) is 42.0 Å². The quantitative estimate of drug-likeness (QED) is 0.271. The van der Waals surface area contributed by atoms with Gasteiger partial charge in [-0.2, -0.15) is 0 Å². The third kappa shape index (κ3) is 4.84. The summed E-state index contributed by atoms with van der Waals surface area (Å²) in [7, 11) is -1.94. The molecule has 174 valence electrons. The molecular formula is C26H42O4Si. The number of hydrogen-bond acceptors (Lipinski definition) is 4. The monoisotopic (exact) mass is 446 g/mol. The van der Waals surface area contributed by atoms with E-state index < -0.39 is 13.7 Å². The third-order valence-electron chi connectivity index (χ3n) is 7.92. The van der Waals surface area contributed by atoms with Gasteiger partial charge in [0.05, 0.1) is 33.5 Å². The first kappa shape index (κ1) is 25.8. The van der Waals surface area contributed by atoms with Crippen LogP contribution in [0.1, 0.15) is 61.0 Å². The molecule has 0 aromatic heterocycles. The van der Waals surface area contributed by atoms with Crippen molar-refractivity contribution in [2.75, 3.05) is 6.61 Å². The molecule has 1 aliphatic rings. The Morgan fingerprint density at radius 3 is 2.29 bits per heavy atom. The molecule has 31 heavy (non-hydrogen) atoms. The van der Waals surface area contributed by atoms with Crippen molar-refractivity contribution in [1.29, 1.82) is 0 Å². The van der Waals surface area contributed by atoms with E-state index in [0.717, 1.165) is 5.56 Å². The van der Waals surface area contributed by atoms with E-state index in [0.29, 0.717) is 18.8 Å². The summed E-state index contributed by atoms with van der Waals surface area (Å²) in [5.74, 6) is -0.303. The standard InChI is InChI=1S/C26H42O4Si/c1-11-28-22(27)19(2)17-25(7)23(29-18-21-15-13-12-14-16-21)26(8,20(3)30-25)31(9,10)24(4,5)6/h12-17,20,23H,11,18H2,1-10H3/b19-17+/t20-,23-,25+,26-/m0/s1. The Bertz CT molecular complexity index is 795. The summed E-state index contributed by atoms with van der Waals surface area (Å²) >= 11 is 0. The van der Waals surface area contributed by atoms with E-state index in [1.54, 1.807) is 6.92 Å². The minimum Gasteiger partial charge on any atom is -0.463 e. The molecule has 0 N–H and O–H groups in total. The molecule has 0 spiro atoms. The first-order valence-electron chi connectivity index (χ1n) is 11.4. The largest absolute Gasteiger partial charge is 0.463 e. The van der Waals surface area contributed by atoms with Gasteiger partial charge in [0.25, 0.3) is 0 Å². The number of hydrogen-bond donors (Lipinski definition) is 0. The number of benzene rings is 1. The number of carbonyl (C=O) groups excluding carboxylic acids is 1. The maximum atomic E-state index is 12.4. The number of carbonyl (C=O) groups is 1. The molecule has 0 aliphatic carbocycles. The summed E-state index contributed by atoms with van der Waals surface area (Å²) < 4.78 is 18.6. The van der Waals surface area contributed by atoms with Gasteiger partial charge in [0.1, 0.15) is 5.60 Å². The van der Waals surface area contributed by atoms with Gasteiger partial charge in [-0.05, 0) is 44.4 Å². The summed E-state index contributed by atoms with van der Waals surface area (Å²) in [6.07, 6.45) is 1.72. The lowest BCUT2D eigenvalue weighted by atomic mass is 9.88. The average Bonchev–Trinajstić information content (AvgIpc) is 2.86. The second kappa shape index (κ2) is 9.20. The van der Waals surface area contributed by atoms with Gasteiger partial charge in [-0.3, -0.25) is 0 Å². The van der Waals surface area contributed by atoms with Gasteiger partial charge in [-0.1, -0.05) is 71.1 Å². The molecule has 1 fully saturated rings. The number of esters is 1. The Morgan fingerprint density at radius 2 is 1.77 bits per heavy atom. The van der Waals surface area contributed by atoms with E-state index in [1.165, 1.54) is 0 Å². The first-order chi connectivity index (χ1) is 14.2. The second-order valence-corrected chi connectivity index (χ2v) is 16.7. The van der Waals surface area contributed by atoms with Crippen LogP contribution >= 0.6 is 0 Å². The fraction of sp³-hybridized carbons (Fsp3) is 0.654. The molecule has 1 aliphatic heterocycles. The molecule has 0 amide bonds. The van der Waals surface area contributed by atoms with E-state index in [2.05, 4.69) is 66.8 Å². The third-order valence-corrected chi connectivity index (χ3v) is 15.0. The highest BCUT2D eigenvalue weighted by Gasteiger charge is 2.66. The second-order valence-electron chi connectivity index (χ2n) is 10.8. The van der Waals surface area contributed by atoms with E-state index in [4.69, 9.17) is 14.2 Å². The van der Waals surface area contributed by atoms with Crippen LogP contribution in [0.3, 0.4) is 0 Å². The molecule has 0 saturated carbocycles. The Hall–Kier alpha value is -1.43. The normalized spacial score (nSPS) is 29.8. The lowest BCUT2D eigenvalue weighted by Gasteiger charge is -2.53. The average molecular weight is 447 g/mol. The van der Waals surface area contributed by atoms with Gasteiger partial charge in [-0.25, -0.2) is 4.79 Å². The smallest absolute Gasteiger partial charge is 0.333 e. The Kier molecular flexibility index (Phi) is 7.67. The van der Waals surface area contributed by atoms with E-state index in [9.17, 15) is 4.79 Å². The molecule has 4 atom stereocenters. The molecule has 0 unspecified atom stereocenters. The minimum absolute atomic E-state index is 0.00888. The van der Waals surface area contributed by atoms with Crippen molar-refractivity contribution in [3.05, 3.63) is 47.5 Å². The summed E-state index contributed by atoms with van der Waals surface area (Å²) in [6.45, 7) is 22.9. The van der Waals surface area contributed by atoms with Crippen LogP contribution in [-0.4, -0.2) is 38.5 Å². The lowest BCUT2D eigenvalue weighted by molar-refractivity contribution is -0.138. The van der Waals surface area contributed by atoms with Crippen LogP contribution < -0.4 is 0 Å². The van der Waals surface area contributed by atoms with Gasteiger partial charge in [-0.15, -0.1) is 0 Å². The molecule has 1 heterocycles. The molecule has 5 heteroatoms. The summed E-state index contributed by atoms with van der Waals surface area (Å²) in [5.41, 5.74) is 0.965. The fourth-order valence-corrected chi connectivity index (χ4v) is 8.67. The molecular weight excluding hydrogens is 404 g/mol. The van der Waals surface area contributed by atoms with Crippen molar-refractivity contribution in [2.24, 2.45) is 0 Å². The van der Waals surface area contributed by atoms with E-state index in [-0.39, 0.29) is 28.3 Å². The van der Waals surface area contributed by atoms with Crippen LogP contribution in [0.25, 0.3) is 0 Å². The van der Waals surface area contributed by atoms with Crippen LogP contribution in [0.2, 0.25) is 23.2 Å². The van der Waals surface area contributed by atoms with Gasteiger partial charge in [0.2, 0.25) is 0 Å². The highest BCUT2D eigenvalue weighted by atomic mass is 28.3. The summed E-state index contributed by atoms with van der Waals surface area (Å²) in [4.78, 5) is 12.4. The van der Waals surface area contributed by atoms with Gasteiger partial charge >= 0.3 is 5.97 Å². The van der Waals surface area contributed by atoms with Gasteiger partial charge < -0.3 is 14.2 Å². The van der Waals surface area contributed by atoms with E-state index >= 15 is 0 Å². The molecule has 4 nitrogen and oxygen atoms in total. The Balaban J connectivity index is 2.54. The number of ether oxygens (including phenoxy) is 3. The van der Waals surface area contributed by atoms with Crippen molar-refractivity contribution in [3.63, 3.8) is 0 Å².